The number of methoxy groups -OCH3 is 1. The van der Waals surface area contributed by atoms with E-state index in [0.29, 0.717) is 12.4 Å². The number of carbonyl (C=O) groups excluding carboxylic acids is 1. The average molecular weight is 410 g/mol. The maximum Gasteiger partial charge on any atom is 0.320 e. The number of carbonyl (C=O) groups is 1. The molecule has 1 unspecified atom stereocenters. The van der Waals surface area contributed by atoms with Crippen molar-refractivity contribution >= 4 is 28.6 Å². The van der Waals surface area contributed by atoms with Gasteiger partial charge in [0.1, 0.15) is 5.82 Å². The number of pyridine rings is 1. The molecule has 2 aromatic heterocycles. The predicted molar refractivity (Wildman–Crippen MR) is 115 cm³/mol. The highest BCUT2D eigenvalue weighted by Gasteiger charge is 2.21. The molecule has 2 amide bonds. The van der Waals surface area contributed by atoms with Gasteiger partial charge in [0, 0.05) is 32.5 Å². The quantitative estimate of drug-likeness (QED) is 0.496. The Kier molecular flexibility index (Phi) is 6.10. The van der Waals surface area contributed by atoms with Crippen LogP contribution in [0.3, 0.4) is 0 Å². The Hall–Kier alpha value is -3.17. The number of piperidine rings is 1. The first-order valence-corrected chi connectivity index (χ1v) is 10.0. The molecule has 1 atom stereocenters. The Bertz CT molecular complexity index is 985. The minimum Gasteiger partial charge on any atom is -0.393 e. The molecule has 1 aliphatic heterocycles. The van der Waals surface area contributed by atoms with Crippen LogP contribution in [0.5, 0.6) is 0 Å². The van der Waals surface area contributed by atoms with Crippen molar-refractivity contribution in [3.8, 4) is 0 Å². The number of rotatable bonds is 6. The fourth-order valence-electron chi connectivity index (χ4n) is 3.67. The largest absolute Gasteiger partial charge is 0.393 e. The number of urea groups is 1. The predicted octanol–water partition coefficient (Wildman–Crippen LogP) is 2.43. The SMILES string of the molecule is COCC(NC(=O)Nc1cc2[nH]nc(N3CCC(O)CC3)c2cn1)c1ccccc1. The van der Waals surface area contributed by atoms with E-state index in [1.807, 2.05) is 30.3 Å². The summed E-state index contributed by atoms with van der Waals surface area (Å²) in [6.07, 6.45) is 2.92. The number of H-pyrrole nitrogens is 1. The molecule has 3 aromatic rings. The number of ether oxygens (including phenoxy) is 1. The Morgan fingerprint density at radius 1 is 1.33 bits per heavy atom. The van der Waals surface area contributed by atoms with Crippen LogP contribution < -0.4 is 15.5 Å². The Morgan fingerprint density at radius 3 is 2.83 bits per heavy atom. The summed E-state index contributed by atoms with van der Waals surface area (Å²) in [6, 6.07) is 10.8. The van der Waals surface area contributed by atoms with E-state index in [-0.39, 0.29) is 18.2 Å². The molecule has 1 aliphatic rings. The molecule has 0 bridgehead atoms. The maximum absolute atomic E-state index is 12.5. The van der Waals surface area contributed by atoms with Gasteiger partial charge in [0.2, 0.25) is 0 Å². The first-order chi connectivity index (χ1) is 14.6. The van der Waals surface area contributed by atoms with Gasteiger partial charge in [0.25, 0.3) is 0 Å². The number of hydrogen-bond acceptors (Lipinski definition) is 6. The zero-order valence-corrected chi connectivity index (χ0v) is 16.8. The number of benzene rings is 1. The van der Waals surface area contributed by atoms with Crippen LogP contribution in [0.15, 0.2) is 42.6 Å². The van der Waals surface area contributed by atoms with Gasteiger partial charge in [-0.1, -0.05) is 30.3 Å². The normalized spacial score (nSPS) is 15.9. The molecule has 0 radical (unpaired) electrons. The second kappa shape index (κ2) is 9.10. The minimum absolute atomic E-state index is 0.239. The highest BCUT2D eigenvalue weighted by Crippen LogP contribution is 2.27. The molecule has 30 heavy (non-hydrogen) atoms. The topological polar surface area (TPSA) is 115 Å². The minimum atomic E-state index is -0.363. The van der Waals surface area contributed by atoms with Crippen LogP contribution >= 0.6 is 0 Å². The number of amides is 2. The fourth-order valence-corrected chi connectivity index (χ4v) is 3.67. The molecule has 1 fully saturated rings. The van der Waals surface area contributed by atoms with Crippen LogP contribution in [0.4, 0.5) is 16.4 Å². The molecule has 158 valence electrons. The van der Waals surface area contributed by atoms with Gasteiger partial charge in [-0.15, -0.1) is 0 Å². The van der Waals surface area contributed by atoms with Gasteiger partial charge in [-0.2, -0.15) is 5.10 Å². The Balaban J connectivity index is 1.44. The van der Waals surface area contributed by atoms with E-state index in [1.165, 1.54) is 0 Å². The molecule has 1 aromatic carbocycles. The number of fused-ring (bicyclic) bond motifs is 1. The van der Waals surface area contributed by atoms with E-state index >= 15 is 0 Å². The highest BCUT2D eigenvalue weighted by atomic mass is 16.5. The van der Waals surface area contributed by atoms with E-state index in [4.69, 9.17) is 4.74 Å². The van der Waals surface area contributed by atoms with Crippen molar-refractivity contribution in [2.24, 2.45) is 0 Å². The number of nitrogens with zero attached hydrogens (tertiary/aromatic N) is 3. The zero-order valence-electron chi connectivity index (χ0n) is 16.8. The van der Waals surface area contributed by atoms with Crippen molar-refractivity contribution in [3.63, 3.8) is 0 Å². The third-order valence-electron chi connectivity index (χ3n) is 5.27. The number of hydrogen-bond donors (Lipinski definition) is 4. The summed E-state index contributed by atoms with van der Waals surface area (Å²) in [4.78, 5) is 19.0. The van der Waals surface area contributed by atoms with Crippen LogP contribution in [0.1, 0.15) is 24.4 Å². The number of anilines is 2. The van der Waals surface area contributed by atoms with Crippen LogP contribution in [0.25, 0.3) is 10.9 Å². The Labute approximate surface area is 174 Å². The lowest BCUT2D eigenvalue weighted by Crippen LogP contribution is -2.36. The lowest BCUT2D eigenvalue weighted by molar-refractivity contribution is 0.145. The standard InChI is InChI=1S/C21H26N6O3/c1-30-13-18(14-5-3-2-4-6-14)23-21(29)24-19-11-17-16(12-22-19)20(26-25-17)27-9-7-15(28)8-10-27/h2-6,11-12,15,18,28H,7-10,13H2,1H3,(H,25,26)(H2,22,23,24,29). The molecule has 9 heteroatoms. The van der Waals surface area contributed by atoms with E-state index in [9.17, 15) is 9.90 Å². The summed E-state index contributed by atoms with van der Waals surface area (Å²) < 4.78 is 5.24. The van der Waals surface area contributed by atoms with Gasteiger partial charge in [0.05, 0.1) is 29.7 Å². The molecule has 4 rings (SSSR count). The van der Waals surface area contributed by atoms with Gasteiger partial charge in [-0.3, -0.25) is 10.4 Å². The molecular weight excluding hydrogens is 384 g/mol. The molecular formula is C21H26N6O3. The van der Waals surface area contributed by atoms with E-state index in [0.717, 1.165) is 48.2 Å². The molecule has 1 saturated heterocycles. The fraction of sp³-hybridized carbons (Fsp3) is 0.381. The van der Waals surface area contributed by atoms with Gasteiger partial charge < -0.3 is 20.1 Å². The van der Waals surface area contributed by atoms with Gasteiger partial charge in [0.15, 0.2) is 5.82 Å². The summed E-state index contributed by atoms with van der Waals surface area (Å²) >= 11 is 0. The summed E-state index contributed by atoms with van der Waals surface area (Å²) in [7, 11) is 1.60. The van der Waals surface area contributed by atoms with E-state index < -0.39 is 0 Å². The van der Waals surface area contributed by atoms with Crippen LogP contribution in [-0.2, 0) is 4.74 Å². The van der Waals surface area contributed by atoms with Crippen LogP contribution in [0.2, 0.25) is 0 Å². The third-order valence-corrected chi connectivity index (χ3v) is 5.27. The van der Waals surface area contributed by atoms with Crippen molar-refractivity contribution in [1.82, 2.24) is 20.5 Å². The second-order valence-corrected chi connectivity index (χ2v) is 7.40. The first-order valence-electron chi connectivity index (χ1n) is 10.0. The van der Waals surface area contributed by atoms with Gasteiger partial charge in [-0.05, 0) is 18.4 Å². The number of aromatic nitrogens is 3. The molecule has 3 heterocycles. The molecule has 0 aliphatic carbocycles. The number of nitrogens with one attached hydrogen (secondary N) is 3. The lowest BCUT2D eigenvalue weighted by atomic mass is 10.1. The van der Waals surface area contributed by atoms with Crippen LogP contribution in [0, 0.1) is 0 Å². The van der Waals surface area contributed by atoms with Crippen molar-refractivity contribution in [3.05, 3.63) is 48.2 Å². The third kappa shape index (κ3) is 4.52. The highest BCUT2D eigenvalue weighted by molar-refractivity contribution is 5.94. The van der Waals surface area contributed by atoms with Gasteiger partial charge >= 0.3 is 6.03 Å². The summed E-state index contributed by atoms with van der Waals surface area (Å²) in [5.74, 6) is 1.25. The second-order valence-electron chi connectivity index (χ2n) is 7.40. The number of aliphatic hydroxyl groups is 1. The van der Waals surface area contributed by atoms with E-state index in [2.05, 4.69) is 30.7 Å². The molecule has 9 nitrogen and oxygen atoms in total. The van der Waals surface area contributed by atoms with Gasteiger partial charge in [-0.25, -0.2) is 9.78 Å². The first kappa shape index (κ1) is 20.1. The summed E-state index contributed by atoms with van der Waals surface area (Å²) in [6.45, 7) is 1.87. The summed E-state index contributed by atoms with van der Waals surface area (Å²) in [5, 5.41) is 23.7. The zero-order chi connectivity index (χ0) is 20.9. The molecule has 0 saturated carbocycles. The number of aromatic amines is 1. The Morgan fingerprint density at radius 2 is 2.10 bits per heavy atom. The van der Waals surface area contributed by atoms with Crippen molar-refractivity contribution < 1.29 is 14.6 Å². The molecule has 0 spiro atoms. The average Bonchev–Trinajstić information content (AvgIpc) is 3.18. The van der Waals surface area contributed by atoms with Crippen molar-refractivity contribution in [2.45, 2.75) is 25.0 Å². The van der Waals surface area contributed by atoms with Crippen molar-refractivity contribution in [2.75, 3.05) is 37.0 Å². The maximum atomic E-state index is 12.5. The number of aliphatic hydroxyl groups excluding tert-OH is 1. The smallest absolute Gasteiger partial charge is 0.320 e. The molecule has 4 N–H and O–H groups in total. The summed E-state index contributed by atoms with van der Waals surface area (Å²) in [5.41, 5.74) is 1.75. The van der Waals surface area contributed by atoms with E-state index in [1.54, 1.807) is 19.4 Å². The monoisotopic (exact) mass is 410 g/mol. The van der Waals surface area contributed by atoms with Crippen LogP contribution in [-0.4, -0.2) is 59.2 Å². The lowest BCUT2D eigenvalue weighted by Gasteiger charge is -2.29. The van der Waals surface area contributed by atoms with Crippen molar-refractivity contribution in [1.29, 1.82) is 0 Å².